The number of ether oxygens (including phenoxy) is 1. The minimum Gasteiger partial charge on any atom is -0.497 e. The molecule has 1 heterocycles. The number of benzene rings is 3. The van der Waals surface area contributed by atoms with Crippen molar-refractivity contribution in [2.24, 2.45) is 0 Å². The molecule has 0 amide bonds. The number of nitrogens with one attached hydrogen (secondary N) is 1. The number of piperazine rings is 1. The molecule has 31 heavy (non-hydrogen) atoms. The van der Waals surface area contributed by atoms with E-state index >= 15 is 0 Å². The summed E-state index contributed by atoms with van der Waals surface area (Å²) in [5.41, 5.74) is 5.31. The number of methoxy groups -OCH3 is 1. The van der Waals surface area contributed by atoms with Crippen molar-refractivity contribution in [3.05, 3.63) is 95.6 Å². The maximum atomic E-state index is 5.24. The highest BCUT2D eigenvalue weighted by Gasteiger charge is 2.28. The minimum absolute atomic E-state index is 0.402. The van der Waals surface area contributed by atoms with E-state index in [1.165, 1.54) is 22.4 Å². The highest BCUT2D eigenvalue weighted by molar-refractivity contribution is 5.48. The van der Waals surface area contributed by atoms with E-state index in [0.717, 1.165) is 45.0 Å². The van der Waals surface area contributed by atoms with Gasteiger partial charge in [0.05, 0.1) is 13.2 Å². The molecule has 3 aromatic rings. The maximum Gasteiger partial charge on any atom is 0.118 e. The molecule has 0 spiro atoms. The van der Waals surface area contributed by atoms with E-state index in [-0.39, 0.29) is 0 Å². The fourth-order valence-corrected chi connectivity index (χ4v) is 4.27. The van der Waals surface area contributed by atoms with E-state index in [1.807, 2.05) is 12.1 Å². The number of hydrogen-bond acceptors (Lipinski definition) is 4. The number of nitrogens with zero attached hydrogens (tertiary/aromatic N) is 2. The fraction of sp³-hybridized carbons (Fsp3) is 0.333. The van der Waals surface area contributed by atoms with E-state index in [1.54, 1.807) is 7.11 Å². The summed E-state index contributed by atoms with van der Waals surface area (Å²) in [7, 11) is 1.70. The largest absolute Gasteiger partial charge is 0.497 e. The first-order valence-corrected chi connectivity index (χ1v) is 11.2. The lowest BCUT2D eigenvalue weighted by Crippen LogP contribution is -2.50. The molecule has 1 atom stereocenters. The molecule has 3 aromatic carbocycles. The zero-order chi connectivity index (χ0) is 21.5. The molecule has 1 N–H and O–H groups in total. The van der Waals surface area contributed by atoms with Crippen LogP contribution in [0.5, 0.6) is 5.75 Å². The second-order valence-electron chi connectivity index (χ2n) is 8.27. The third-order valence-corrected chi connectivity index (χ3v) is 6.14. The van der Waals surface area contributed by atoms with Gasteiger partial charge in [-0.05, 0) is 42.3 Å². The lowest BCUT2D eigenvalue weighted by atomic mass is 10.0. The van der Waals surface area contributed by atoms with Crippen LogP contribution in [0.3, 0.4) is 0 Å². The second-order valence-corrected chi connectivity index (χ2v) is 8.27. The van der Waals surface area contributed by atoms with Crippen LogP contribution in [0.15, 0.2) is 78.9 Å². The summed E-state index contributed by atoms with van der Waals surface area (Å²) in [6, 6.07) is 28.6. The summed E-state index contributed by atoms with van der Waals surface area (Å²) in [5, 5.41) is 3.61. The van der Waals surface area contributed by atoms with E-state index in [4.69, 9.17) is 4.74 Å². The van der Waals surface area contributed by atoms with E-state index in [2.05, 4.69) is 88.8 Å². The fourth-order valence-electron chi connectivity index (χ4n) is 4.27. The third kappa shape index (κ3) is 5.66. The predicted octanol–water partition coefficient (Wildman–Crippen LogP) is 4.66. The lowest BCUT2D eigenvalue weighted by molar-refractivity contribution is 0.178. The van der Waals surface area contributed by atoms with Crippen molar-refractivity contribution in [2.75, 3.05) is 44.7 Å². The van der Waals surface area contributed by atoms with Crippen LogP contribution < -0.4 is 15.0 Å². The van der Waals surface area contributed by atoms with Gasteiger partial charge in [0.25, 0.3) is 0 Å². The van der Waals surface area contributed by atoms with Crippen LogP contribution in [-0.2, 0) is 6.54 Å². The number of aryl methyl sites for hydroxylation is 1. The van der Waals surface area contributed by atoms with Crippen LogP contribution in [0.2, 0.25) is 0 Å². The molecule has 1 aliphatic heterocycles. The van der Waals surface area contributed by atoms with Crippen molar-refractivity contribution >= 4 is 5.69 Å². The van der Waals surface area contributed by atoms with Crippen LogP contribution in [0.25, 0.3) is 0 Å². The molecule has 0 unspecified atom stereocenters. The Morgan fingerprint density at radius 1 is 0.903 bits per heavy atom. The van der Waals surface area contributed by atoms with E-state index in [9.17, 15) is 0 Å². The van der Waals surface area contributed by atoms with Gasteiger partial charge in [0.2, 0.25) is 0 Å². The van der Waals surface area contributed by atoms with E-state index < -0.39 is 0 Å². The van der Waals surface area contributed by atoms with E-state index in [0.29, 0.717) is 6.04 Å². The first-order chi connectivity index (χ1) is 15.2. The average Bonchev–Trinajstić information content (AvgIpc) is 2.83. The van der Waals surface area contributed by atoms with Crippen molar-refractivity contribution in [1.82, 2.24) is 10.2 Å². The van der Waals surface area contributed by atoms with Gasteiger partial charge < -0.3 is 15.0 Å². The monoisotopic (exact) mass is 415 g/mol. The highest BCUT2D eigenvalue weighted by Crippen LogP contribution is 2.28. The van der Waals surface area contributed by atoms with Crippen LogP contribution in [0.1, 0.15) is 22.7 Å². The van der Waals surface area contributed by atoms with Gasteiger partial charge in [-0.15, -0.1) is 0 Å². The molecule has 162 valence electrons. The molecule has 0 bridgehead atoms. The molecule has 4 nitrogen and oxygen atoms in total. The van der Waals surface area contributed by atoms with Crippen LogP contribution in [0.4, 0.5) is 5.69 Å². The molecular formula is C27H33N3O. The Kier molecular flexibility index (Phi) is 7.23. The Morgan fingerprint density at radius 3 is 2.35 bits per heavy atom. The molecule has 1 saturated heterocycles. The van der Waals surface area contributed by atoms with Gasteiger partial charge >= 0.3 is 0 Å². The Balaban J connectivity index is 1.37. The third-order valence-electron chi connectivity index (χ3n) is 6.14. The summed E-state index contributed by atoms with van der Waals surface area (Å²) >= 11 is 0. The van der Waals surface area contributed by atoms with Crippen molar-refractivity contribution in [3.8, 4) is 5.75 Å². The Bertz CT molecular complexity index is 925. The summed E-state index contributed by atoms with van der Waals surface area (Å²) in [4.78, 5) is 5.15. The van der Waals surface area contributed by atoms with Gasteiger partial charge in [-0.1, -0.05) is 60.2 Å². The van der Waals surface area contributed by atoms with Crippen molar-refractivity contribution in [2.45, 2.75) is 19.5 Å². The van der Waals surface area contributed by atoms with Gasteiger partial charge in [0.15, 0.2) is 0 Å². The molecule has 0 radical (unpaired) electrons. The standard InChI is InChI=1S/C27H33N3O/c1-22-8-12-25(13-9-22)30-19-18-29(27(21-30)24-6-4-3-5-7-24)17-16-28-20-23-10-14-26(31-2)15-11-23/h3-15,27-28H,16-21H2,1-2H3/t27-/m1/s1. The normalized spacial score (nSPS) is 17.0. The van der Waals surface area contributed by atoms with Gasteiger partial charge in [-0.2, -0.15) is 0 Å². The first kappa shape index (κ1) is 21.4. The molecule has 4 heteroatoms. The van der Waals surface area contributed by atoms with Crippen molar-refractivity contribution in [1.29, 1.82) is 0 Å². The minimum atomic E-state index is 0.402. The molecule has 0 aliphatic carbocycles. The topological polar surface area (TPSA) is 27.7 Å². The summed E-state index contributed by atoms with van der Waals surface area (Å²) in [5.74, 6) is 0.904. The molecular weight excluding hydrogens is 382 g/mol. The first-order valence-electron chi connectivity index (χ1n) is 11.2. The lowest BCUT2D eigenvalue weighted by Gasteiger charge is -2.43. The Hall–Kier alpha value is -2.82. The smallest absolute Gasteiger partial charge is 0.118 e. The molecule has 0 saturated carbocycles. The van der Waals surface area contributed by atoms with Crippen LogP contribution in [-0.4, -0.2) is 44.7 Å². The molecule has 1 aliphatic rings. The SMILES string of the molecule is COc1ccc(CNCCN2CCN(c3ccc(C)cc3)C[C@@H]2c2ccccc2)cc1. The predicted molar refractivity (Wildman–Crippen MR) is 129 cm³/mol. The second kappa shape index (κ2) is 10.5. The molecule has 0 aromatic heterocycles. The van der Waals surface area contributed by atoms with Crippen LogP contribution in [0, 0.1) is 6.92 Å². The van der Waals surface area contributed by atoms with Gasteiger partial charge in [0, 0.05) is 45.0 Å². The Morgan fingerprint density at radius 2 is 1.65 bits per heavy atom. The zero-order valence-corrected chi connectivity index (χ0v) is 18.6. The van der Waals surface area contributed by atoms with Crippen LogP contribution >= 0.6 is 0 Å². The maximum absolute atomic E-state index is 5.24. The zero-order valence-electron chi connectivity index (χ0n) is 18.6. The summed E-state index contributed by atoms with van der Waals surface area (Å²) in [6.45, 7) is 8.18. The number of hydrogen-bond donors (Lipinski definition) is 1. The Labute approximate surface area is 186 Å². The van der Waals surface area contributed by atoms with Gasteiger partial charge in [-0.25, -0.2) is 0 Å². The number of rotatable bonds is 8. The van der Waals surface area contributed by atoms with Gasteiger partial charge in [0.1, 0.15) is 5.75 Å². The summed E-state index contributed by atoms with van der Waals surface area (Å²) < 4.78 is 5.24. The quantitative estimate of drug-likeness (QED) is 0.542. The van der Waals surface area contributed by atoms with Gasteiger partial charge in [-0.3, -0.25) is 4.90 Å². The number of anilines is 1. The molecule has 4 rings (SSSR count). The summed E-state index contributed by atoms with van der Waals surface area (Å²) in [6.07, 6.45) is 0. The van der Waals surface area contributed by atoms with Crippen molar-refractivity contribution in [3.63, 3.8) is 0 Å². The molecule has 1 fully saturated rings. The van der Waals surface area contributed by atoms with Crippen molar-refractivity contribution < 1.29 is 4.74 Å². The average molecular weight is 416 g/mol. The highest BCUT2D eigenvalue weighted by atomic mass is 16.5.